The Hall–Kier alpha value is -3.39. The van der Waals surface area contributed by atoms with Gasteiger partial charge in [0.15, 0.2) is 17.3 Å². The van der Waals surface area contributed by atoms with Gasteiger partial charge in [-0.15, -0.1) is 0 Å². The zero-order valence-electron chi connectivity index (χ0n) is 16.8. The van der Waals surface area contributed by atoms with Crippen LogP contribution in [0.25, 0.3) is 5.70 Å². The minimum atomic E-state index is -0.291. The van der Waals surface area contributed by atoms with Gasteiger partial charge in [-0.3, -0.25) is 0 Å². The second kappa shape index (κ2) is 8.54. The molecule has 4 rings (SSSR count). The summed E-state index contributed by atoms with van der Waals surface area (Å²) in [6.45, 7) is 0.0789. The highest BCUT2D eigenvalue weighted by Gasteiger charge is 2.26. The number of anilines is 1. The zero-order chi connectivity index (χ0) is 21.1. The van der Waals surface area contributed by atoms with Crippen molar-refractivity contribution in [3.63, 3.8) is 0 Å². The fourth-order valence-corrected chi connectivity index (χ4v) is 3.45. The Kier molecular flexibility index (Phi) is 5.67. The molecule has 2 N–H and O–H groups in total. The summed E-state index contributed by atoms with van der Waals surface area (Å²) in [5, 5.41) is 17.1. The van der Waals surface area contributed by atoms with Crippen LogP contribution in [0.4, 0.5) is 10.3 Å². The standard InChI is InChI=1S/C22H23FN4O3/c1-29-19-10-7-15(12-20(19)30-2)18-13-17(14-5-8-16(23)9-6-14)24-22-25-21(4-3-11-28)26-27(18)22/h5-10,12-13,18,28H,3-4,11H2,1-2H3,(H,24,25,26). The molecule has 8 heteroatoms. The average molecular weight is 410 g/mol. The van der Waals surface area contributed by atoms with Crippen LogP contribution in [0.1, 0.15) is 29.4 Å². The van der Waals surface area contributed by atoms with E-state index in [4.69, 9.17) is 14.6 Å². The molecule has 0 saturated carbocycles. The number of aryl methyl sites for hydroxylation is 1. The minimum Gasteiger partial charge on any atom is -0.493 e. The molecule has 156 valence electrons. The molecule has 0 fully saturated rings. The van der Waals surface area contributed by atoms with Crippen molar-refractivity contribution in [3.05, 3.63) is 71.3 Å². The quantitative estimate of drug-likeness (QED) is 0.621. The summed E-state index contributed by atoms with van der Waals surface area (Å²) in [6, 6.07) is 11.8. The smallest absolute Gasteiger partial charge is 0.226 e. The van der Waals surface area contributed by atoms with Gasteiger partial charge in [0, 0.05) is 18.7 Å². The molecule has 1 aliphatic rings. The lowest BCUT2D eigenvalue weighted by Gasteiger charge is -2.25. The van der Waals surface area contributed by atoms with E-state index in [1.165, 1.54) is 12.1 Å². The van der Waals surface area contributed by atoms with Crippen LogP contribution in [0, 0.1) is 5.82 Å². The molecule has 2 aromatic carbocycles. The van der Waals surface area contributed by atoms with Crippen LogP contribution in [0.15, 0.2) is 48.5 Å². The van der Waals surface area contributed by atoms with Crippen LogP contribution in [0.2, 0.25) is 0 Å². The molecule has 2 heterocycles. The summed E-state index contributed by atoms with van der Waals surface area (Å²) in [4.78, 5) is 4.59. The number of aromatic nitrogens is 3. The molecule has 0 bridgehead atoms. The number of halogens is 1. The summed E-state index contributed by atoms with van der Waals surface area (Å²) < 4.78 is 26.0. The second-order valence-electron chi connectivity index (χ2n) is 6.89. The Balaban J connectivity index is 1.79. The number of ether oxygens (including phenoxy) is 2. The SMILES string of the molecule is COc1ccc(C2C=C(c3ccc(F)cc3)Nc3nc(CCCO)nn32)cc1OC. The van der Waals surface area contributed by atoms with Gasteiger partial charge in [-0.25, -0.2) is 9.07 Å². The third-order valence-electron chi connectivity index (χ3n) is 4.97. The highest BCUT2D eigenvalue weighted by atomic mass is 19.1. The van der Waals surface area contributed by atoms with Crippen LogP contribution in [0.3, 0.4) is 0 Å². The number of benzene rings is 2. The molecule has 1 unspecified atom stereocenters. The Morgan fingerprint density at radius 1 is 1.10 bits per heavy atom. The molecule has 1 atom stereocenters. The van der Waals surface area contributed by atoms with Gasteiger partial charge in [0.1, 0.15) is 11.9 Å². The molecule has 0 aliphatic carbocycles. The highest BCUT2D eigenvalue weighted by molar-refractivity contribution is 5.77. The third-order valence-corrected chi connectivity index (χ3v) is 4.97. The molecule has 1 aromatic heterocycles. The van der Waals surface area contributed by atoms with Crippen molar-refractivity contribution in [2.75, 3.05) is 26.1 Å². The number of aliphatic hydroxyl groups is 1. The van der Waals surface area contributed by atoms with Crippen molar-refractivity contribution < 1.29 is 19.0 Å². The van der Waals surface area contributed by atoms with E-state index in [1.54, 1.807) is 31.0 Å². The van der Waals surface area contributed by atoms with E-state index in [-0.39, 0.29) is 18.5 Å². The Morgan fingerprint density at radius 2 is 1.87 bits per heavy atom. The summed E-state index contributed by atoms with van der Waals surface area (Å²) in [5.41, 5.74) is 2.59. The van der Waals surface area contributed by atoms with E-state index in [2.05, 4.69) is 15.4 Å². The number of methoxy groups -OCH3 is 2. The van der Waals surface area contributed by atoms with E-state index < -0.39 is 0 Å². The Bertz CT molecular complexity index is 1060. The van der Waals surface area contributed by atoms with Crippen LogP contribution in [0.5, 0.6) is 11.5 Å². The van der Waals surface area contributed by atoms with Crippen molar-refractivity contribution in [1.82, 2.24) is 14.8 Å². The molecule has 1 aliphatic heterocycles. The predicted octanol–water partition coefficient (Wildman–Crippen LogP) is 3.42. The number of nitrogens with one attached hydrogen (secondary N) is 1. The Labute approximate surface area is 173 Å². The lowest BCUT2D eigenvalue weighted by molar-refractivity contribution is 0.287. The van der Waals surface area contributed by atoms with Gasteiger partial charge >= 0.3 is 0 Å². The maximum absolute atomic E-state index is 13.4. The van der Waals surface area contributed by atoms with Crippen LogP contribution in [-0.4, -0.2) is 40.7 Å². The topological polar surface area (TPSA) is 81.4 Å². The Morgan fingerprint density at radius 3 is 2.57 bits per heavy atom. The molecule has 3 aromatic rings. The van der Waals surface area contributed by atoms with Gasteiger partial charge in [0.2, 0.25) is 5.95 Å². The zero-order valence-corrected chi connectivity index (χ0v) is 16.8. The number of hydrogen-bond donors (Lipinski definition) is 2. The van der Waals surface area contributed by atoms with Crippen LogP contribution in [-0.2, 0) is 6.42 Å². The molecular weight excluding hydrogens is 387 g/mol. The van der Waals surface area contributed by atoms with Gasteiger partial charge in [-0.2, -0.15) is 10.1 Å². The van der Waals surface area contributed by atoms with Gasteiger partial charge in [-0.1, -0.05) is 6.07 Å². The number of rotatable bonds is 7. The van der Waals surface area contributed by atoms with Gasteiger partial charge in [0.05, 0.1) is 14.2 Å². The maximum atomic E-state index is 13.4. The van der Waals surface area contributed by atoms with Crippen molar-refractivity contribution in [2.24, 2.45) is 0 Å². The monoisotopic (exact) mass is 410 g/mol. The number of hydrogen-bond acceptors (Lipinski definition) is 6. The first-order chi connectivity index (χ1) is 14.6. The molecule has 7 nitrogen and oxygen atoms in total. The van der Waals surface area contributed by atoms with Gasteiger partial charge in [-0.05, 0) is 60.0 Å². The van der Waals surface area contributed by atoms with E-state index in [1.807, 2.05) is 24.3 Å². The first-order valence-electron chi connectivity index (χ1n) is 9.66. The minimum absolute atomic E-state index is 0.0789. The number of allylic oxidation sites excluding steroid dienone is 1. The molecule has 0 amide bonds. The van der Waals surface area contributed by atoms with Crippen LogP contribution >= 0.6 is 0 Å². The summed E-state index contributed by atoms with van der Waals surface area (Å²) >= 11 is 0. The summed E-state index contributed by atoms with van der Waals surface area (Å²) in [6.07, 6.45) is 3.18. The molecule has 0 radical (unpaired) electrons. The maximum Gasteiger partial charge on any atom is 0.226 e. The summed E-state index contributed by atoms with van der Waals surface area (Å²) in [5.74, 6) is 2.20. The lowest BCUT2D eigenvalue weighted by Crippen LogP contribution is -2.20. The third kappa shape index (κ3) is 3.86. The van der Waals surface area contributed by atoms with E-state index >= 15 is 0 Å². The fourth-order valence-electron chi connectivity index (χ4n) is 3.45. The summed E-state index contributed by atoms with van der Waals surface area (Å²) in [7, 11) is 3.19. The number of aliphatic hydroxyl groups excluding tert-OH is 1. The molecular formula is C22H23FN4O3. The average Bonchev–Trinajstić information content (AvgIpc) is 3.20. The van der Waals surface area contributed by atoms with E-state index in [9.17, 15) is 4.39 Å². The lowest BCUT2D eigenvalue weighted by atomic mass is 10.0. The van der Waals surface area contributed by atoms with Crippen molar-refractivity contribution in [2.45, 2.75) is 18.9 Å². The first-order valence-corrected chi connectivity index (χ1v) is 9.66. The number of nitrogens with zero attached hydrogens (tertiary/aromatic N) is 3. The van der Waals surface area contributed by atoms with Crippen LogP contribution < -0.4 is 14.8 Å². The normalized spacial score (nSPS) is 15.2. The molecule has 30 heavy (non-hydrogen) atoms. The molecule has 0 saturated heterocycles. The van der Waals surface area contributed by atoms with Crippen molar-refractivity contribution in [3.8, 4) is 11.5 Å². The van der Waals surface area contributed by atoms with E-state index in [0.717, 1.165) is 16.8 Å². The van der Waals surface area contributed by atoms with Gasteiger partial charge < -0.3 is 19.9 Å². The van der Waals surface area contributed by atoms with Gasteiger partial charge in [0.25, 0.3) is 0 Å². The highest BCUT2D eigenvalue weighted by Crippen LogP contribution is 2.36. The first kappa shape index (κ1) is 19.9. The largest absolute Gasteiger partial charge is 0.493 e. The van der Waals surface area contributed by atoms with Crippen molar-refractivity contribution in [1.29, 1.82) is 0 Å². The van der Waals surface area contributed by atoms with Crippen molar-refractivity contribution >= 4 is 11.6 Å². The predicted molar refractivity (Wildman–Crippen MR) is 111 cm³/mol. The molecule has 0 spiro atoms. The fraction of sp³-hybridized carbons (Fsp3) is 0.273. The van der Waals surface area contributed by atoms with E-state index in [0.29, 0.717) is 36.1 Å². The number of fused-ring (bicyclic) bond motifs is 1. The second-order valence-corrected chi connectivity index (χ2v) is 6.89.